The van der Waals surface area contributed by atoms with Gasteiger partial charge in [0.15, 0.2) is 11.6 Å². The van der Waals surface area contributed by atoms with Crippen LogP contribution in [0.3, 0.4) is 0 Å². The quantitative estimate of drug-likeness (QED) is 0.800. The number of nitrogens with zero attached hydrogens (tertiary/aromatic N) is 1. The molecule has 0 bridgehead atoms. The van der Waals surface area contributed by atoms with Crippen molar-refractivity contribution in [2.45, 2.75) is 12.6 Å². The Balaban J connectivity index is 2.05. The molecule has 2 aromatic rings. The SMILES string of the molecule is COc1ccc(C2(N)C=C(c3ccc(C)cc3)NC(N)=N2)cc1Cl. The monoisotopic (exact) mass is 342 g/mol. The van der Waals surface area contributed by atoms with E-state index in [1.54, 1.807) is 19.2 Å². The molecule has 0 amide bonds. The molecule has 24 heavy (non-hydrogen) atoms. The standard InChI is InChI=1S/C18H19ClN4O/c1-11-3-5-12(6-4-11)15-10-18(21,23-17(20)22-15)13-7-8-16(24-2)14(19)9-13/h3-10H,21H2,1-2H3,(H3,20,22,23). The molecule has 5 nitrogen and oxygen atoms in total. The molecular weight excluding hydrogens is 324 g/mol. The minimum atomic E-state index is -1.11. The lowest BCUT2D eigenvalue weighted by Gasteiger charge is -2.29. The molecule has 0 aliphatic carbocycles. The van der Waals surface area contributed by atoms with E-state index in [2.05, 4.69) is 10.3 Å². The lowest BCUT2D eigenvalue weighted by molar-refractivity contribution is 0.414. The fraction of sp³-hybridized carbons (Fsp3) is 0.167. The summed E-state index contributed by atoms with van der Waals surface area (Å²) in [6.45, 7) is 2.04. The number of hydrogen-bond donors (Lipinski definition) is 3. The van der Waals surface area contributed by atoms with Crippen LogP contribution in [0.1, 0.15) is 16.7 Å². The molecule has 1 unspecified atom stereocenters. The maximum absolute atomic E-state index is 6.51. The van der Waals surface area contributed by atoms with E-state index in [1.807, 2.05) is 43.3 Å². The highest BCUT2D eigenvalue weighted by Crippen LogP contribution is 2.33. The van der Waals surface area contributed by atoms with E-state index in [0.29, 0.717) is 10.8 Å². The summed E-state index contributed by atoms with van der Waals surface area (Å²) in [5.74, 6) is 0.833. The van der Waals surface area contributed by atoms with Crippen LogP contribution in [-0.4, -0.2) is 13.1 Å². The predicted octanol–water partition coefficient (Wildman–Crippen LogP) is 2.73. The van der Waals surface area contributed by atoms with Gasteiger partial charge >= 0.3 is 0 Å². The number of halogens is 1. The molecule has 2 aromatic carbocycles. The Morgan fingerprint density at radius 2 is 1.88 bits per heavy atom. The number of aliphatic imine (C=N–C) groups is 1. The highest BCUT2D eigenvalue weighted by atomic mass is 35.5. The lowest BCUT2D eigenvalue weighted by atomic mass is 9.96. The Morgan fingerprint density at radius 3 is 2.50 bits per heavy atom. The summed E-state index contributed by atoms with van der Waals surface area (Å²) < 4.78 is 5.18. The molecule has 1 aliphatic heterocycles. The molecule has 0 fully saturated rings. The summed E-state index contributed by atoms with van der Waals surface area (Å²) in [6.07, 6.45) is 1.84. The summed E-state index contributed by atoms with van der Waals surface area (Å²) in [5, 5.41) is 3.54. The van der Waals surface area contributed by atoms with Gasteiger partial charge in [-0.25, -0.2) is 4.99 Å². The van der Waals surface area contributed by atoms with Crippen LogP contribution in [0.2, 0.25) is 5.02 Å². The van der Waals surface area contributed by atoms with Gasteiger partial charge in [0.1, 0.15) is 5.75 Å². The topological polar surface area (TPSA) is 85.7 Å². The minimum absolute atomic E-state index is 0.252. The van der Waals surface area contributed by atoms with Crippen molar-refractivity contribution in [2.24, 2.45) is 16.5 Å². The van der Waals surface area contributed by atoms with E-state index in [-0.39, 0.29) is 5.96 Å². The zero-order valence-electron chi connectivity index (χ0n) is 13.5. The molecule has 1 heterocycles. The van der Waals surface area contributed by atoms with E-state index in [1.165, 1.54) is 5.56 Å². The summed E-state index contributed by atoms with van der Waals surface area (Å²) in [7, 11) is 1.56. The van der Waals surface area contributed by atoms with E-state index in [9.17, 15) is 0 Å². The van der Waals surface area contributed by atoms with Crippen LogP contribution < -0.4 is 21.5 Å². The van der Waals surface area contributed by atoms with Gasteiger partial charge in [0.05, 0.1) is 12.1 Å². The summed E-state index contributed by atoms with van der Waals surface area (Å²) in [6, 6.07) is 13.4. The van der Waals surface area contributed by atoms with Gasteiger partial charge in [-0.05, 0) is 36.3 Å². The van der Waals surface area contributed by atoms with Gasteiger partial charge in [0, 0.05) is 5.70 Å². The predicted molar refractivity (Wildman–Crippen MR) is 97.8 cm³/mol. The van der Waals surface area contributed by atoms with Gasteiger partial charge in [-0.3, -0.25) is 5.73 Å². The molecule has 3 rings (SSSR count). The number of methoxy groups -OCH3 is 1. The fourth-order valence-corrected chi connectivity index (χ4v) is 2.86. The van der Waals surface area contributed by atoms with Crippen molar-refractivity contribution >= 4 is 23.3 Å². The third-order valence-electron chi connectivity index (χ3n) is 3.91. The number of hydrogen-bond acceptors (Lipinski definition) is 5. The van der Waals surface area contributed by atoms with Crippen LogP contribution in [-0.2, 0) is 5.66 Å². The van der Waals surface area contributed by atoms with Crippen LogP contribution >= 0.6 is 11.6 Å². The maximum Gasteiger partial charge on any atom is 0.195 e. The van der Waals surface area contributed by atoms with Crippen molar-refractivity contribution in [3.8, 4) is 5.75 Å². The van der Waals surface area contributed by atoms with Gasteiger partial charge in [-0.1, -0.05) is 47.5 Å². The second-order valence-corrected chi connectivity index (χ2v) is 6.13. The van der Waals surface area contributed by atoms with Gasteiger partial charge < -0.3 is 15.8 Å². The van der Waals surface area contributed by atoms with Crippen LogP contribution in [0.25, 0.3) is 5.70 Å². The summed E-state index contributed by atoms with van der Waals surface area (Å²) >= 11 is 6.22. The number of nitrogens with two attached hydrogens (primary N) is 2. The van der Waals surface area contributed by atoms with Crippen LogP contribution in [0.15, 0.2) is 53.5 Å². The van der Waals surface area contributed by atoms with E-state index in [0.717, 1.165) is 16.8 Å². The highest BCUT2D eigenvalue weighted by Gasteiger charge is 2.30. The third-order valence-corrected chi connectivity index (χ3v) is 4.20. The van der Waals surface area contributed by atoms with Gasteiger partial charge in [0.25, 0.3) is 0 Å². The normalized spacial score (nSPS) is 20.0. The van der Waals surface area contributed by atoms with Crippen molar-refractivity contribution in [3.05, 3.63) is 70.3 Å². The first-order valence-corrected chi connectivity index (χ1v) is 7.84. The molecule has 0 aromatic heterocycles. The molecule has 0 spiro atoms. The van der Waals surface area contributed by atoms with Crippen LogP contribution in [0.5, 0.6) is 5.75 Å². The average Bonchev–Trinajstić information content (AvgIpc) is 2.54. The third kappa shape index (κ3) is 3.09. The van der Waals surface area contributed by atoms with E-state index < -0.39 is 5.66 Å². The maximum atomic E-state index is 6.51. The van der Waals surface area contributed by atoms with Gasteiger partial charge in [-0.2, -0.15) is 0 Å². The van der Waals surface area contributed by atoms with Gasteiger partial charge in [-0.15, -0.1) is 0 Å². The first kappa shape index (κ1) is 16.4. The van der Waals surface area contributed by atoms with Gasteiger partial charge in [0.2, 0.25) is 0 Å². The fourth-order valence-electron chi connectivity index (χ4n) is 2.61. The number of benzene rings is 2. The number of guanidine groups is 1. The number of rotatable bonds is 3. The number of ether oxygens (including phenoxy) is 1. The number of aryl methyl sites for hydroxylation is 1. The van der Waals surface area contributed by atoms with Crippen molar-refractivity contribution < 1.29 is 4.74 Å². The Hall–Kier alpha value is -2.50. The smallest absolute Gasteiger partial charge is 0.195 e. The summed E-state index contributed by atoms with van der Waals surface area (Å²) in [4.78, 5) is 4.36. The number of nitrogens with one attached hydrogen (secondary N) is 1. The second-order valence-electron chi connectivity index (χ2n) is 5.72. The van der Waals surface area contributed by atoms with Crippen molar-refractivity contribution in [1.29, 1.82) is 0 Å². The minimum Gasteiger partial charge on any atom is -0.495 e. The Bertz CT molecular complexity index is 829. The molecular formula is C18H19ClN4O. The molecule has 0 radical (unpaired) electrons. The Labute approximate surface area is 146 Å². The highest BCUT2D eigenvalue weighted by molar-refractivity contribution is 6.32. The van der Waals surface area contributed by atoms with Crippen molar-refractivity contribution in [1.82, 2.24) is 5.32 Å². The first-order valence-electron chi connectivity index (χ1n) is 7.46. The molecule has 1 aliphatic rings. The molecule has 0 saturated heterocycles. The van der Waals surface area contributed by atoms with Crippen molar-refractivity contribution in [3.63, 3.8) is 0 Å². The zero-order chi connectivity index (χ0) is 17.3. The van der Waals surface area contributed by atoms with E-state index in [4.69, 9.17) is 27.8 Å². The molecule has 124 valence electrons. The average molecular weight is 343 g/mol. The lowest BCUT2D eigenvalue weighted by Crippen LogP contribution is -2.44. The van der Waals surface area contributed by atoms with Crippen molar-refractivity contribution in [2.75, 3.05) is 7.11 Å². The first-order chi connectivity index (χ1) is 11.4. The van der Waals surface area contributed by atoms with Crippen LogP contribution in [0, 0.1) is 6.92 Å². The van der Waals surface area contributed by atoms with Crippen LogP contribution in [0.4, 0.5) is 0 Å². The molecule has 6 heteroatoms. The molecule has 5 N–H and O–H groups in total. The second kappa shape index (κ2) is 6.19. The zero-order valence-corrected chi connectivity index (χ0v) is 14.3. The largest absolute Gasteiger partial charge is 0.495 e. The summed E-state index contributed by atoms with van der Waals surface area (Å²) in [5.41, 5.74) is 15.0. The van der Waals surface area contributed by atoms with E-state index >= 15 is 0 Å². The molecule has 1 atom stereocenters. The Kier molecular flexibility index (Phi) is 4.22. The Morgan fingerprint density at radius 1 is 1.17 bits per heavy atom. The molecule has 0 saturated carbocycles.